The molecule has 0 unspecified atom stereocenters. The van der Waals surface area contributed by atoms with Gasteiger partial charge in [-0.3, -0.25) is 9.52 Å². The van der Waals surface area contributed by atoms with Crippen LogP contribution in [0.2, 0.25) is 0 Å². The van der Waals surface area contributed by atoms with Gasteiger partial charge in [0.1, 0.15) is 16.4 Å². The predicted octanol–water partition coefficient (Wildman–Crippen LogP) is 3.24. The van der Waals surface area contributed by atoms with Crippen molar-refractivity contribution < 1.29 is 22.7 Å². The number of benzene rings is 2. The molecule has 0 spiro atoms. The summed E-state index contributed by atoms with van der Waals surface area (Å²) in [6, 6.07) is 11.3. The zero-order valence-corrected chi connectivity index (χ0v) is 15.7. The molecule has 7 nitrogen and oxygen atoms in total. The highest BCUT2D eigenvalue weighted by Gasteiger charge is 2.23. The molecule has 1 amide bonds. The summed E-state index contributed by atoms with van der Waals surface area (Å²) in [7, 11) is -3.92. The molecule has 140 valence electrons. The normalized spacial score (nSPS) is 10.9. The standard InChI is InChI=1S/C18H22N2O5S/c1-4-24-16-12-18(17(25-5-2)11-15(16)19-13(3)21)26(22,23)20-14-9-7-6-8-10-14/h6-12,20H,4-5H2,1-3H3,(H,19,21). The first-order valence-electron chi connectivity index (χ1n) is 8.16. The summed E-state index contributed by atoms with van der Waals surface area (Å²) in [5.41, 5.74) is 0.778. The van der Waals surface area contributed by atoms with Crippen LogP contribution in [0.4, 0.5) is 11.4 Å². The number of carbonyl (C=O) groups is 1. The Balaban J connectivity index is 2.53. The largest absolute Gasteiger partial charge is 0.492 e. The van der Waals surface area contributed by atoms with Crippen LogP contribution in [0.3, 0.4) is 0 Å². The van der Waals surface area contributed by atoms with Crippen LogP contribution in [0.5, 0.6) is 11.5 Å². The lowest BCUT2D eigenvalue weighted by Crippen LogP contribution is -2.16. The number of para-hydroxylation sites is 1. The van der Waals surface area contributed by atoms with Crippen LogP contribution in [-0.4, -0.2) is 27.5 Å². The number of ether oxygens (including phenoxy) is 2. The van der Waals surface area contributed by atoms with Gasteiger partial charge in [-0.05, 0) is 26.0 Å². The van der Waals surface area contributed by atoms with E-state index in [0.717, 1.165) is 0 Å². The number of hydrogen-bond acceptors (Lipinski definition) is 5. The highest BCUT2D eigenvalue weighted by Crippen LogP contribution is 2.36. The fraction of sp³-hybridized carbons (Fsp3) is 0.278. The highest BCUT2D eigenvalue weighted by molar-refractivity contribution is 7.92. The molecule has 0 fully saturated rings. The molecule has 0 radical (unpaired) electrons. The summed E-state index contributed by atoms with van der Waals surface area (Å²) in [5.74, 6) is 0.0779. The van der Waals surface area contributed by atoms with Crippen LogP contribution in [0.1, 0.15) is 20.8 Å². The van der Waals surface area contributed by atoms with E-state index in [1.807, 2.05) is 0 Å². The van der Waals surface area contributed by atoms with Crippen molar-refractivity contribution >= 4 is 27.3 Å². The van der Waals surface area contributed by atoms with E-state index in [9.17, 15) is 13.2 Å². The maximum atomic E-state index is 12.9. The summed E-state index contributed by atoms with van der Waals surface area (Å²) < 4.78 is 39.2. The first-order chi connectivity index (χ1) is 12.4. The minimum Gasteiger partial charge on any atom is -0.492 e. The van der Waals surface area contributed by atoms with E-state index < -0.39 is 10.0 Å². The summed E-state index contributed by atoms with van der Waals surface area (Å²) in [6.45, 7) is 5.45. The SMILES string of the molecule is CCOc1cc(S(=O)(=O)Nc2ccccc2)c(OCC)cc1NC(C)=O. The van der Waals surface area contributed by atoms with Crippen molar-refractivity contribution in [2.45, 2.75) is 25.7 Å². The fourth-order valence-corrected chi connectivity index (χ4v) is 3.50. The van der Waals surface area contributed by atoms with Gasteiger partial charge in [0.2, 0.25) is 5.91 Å². The second-order valence-electron chi connectivity index (χ2n) is 5.31. The first-order valence-corrected chi connectivity index (χ1v) is 9.64. The van der Waals surface area contributed by atoms with Gasteiger partial charge in [-0.2, -0.15) is 0 Å². The highest BCUT2D eigenvalue weighted by atomic mass is 32.2. The predicted molar refractivity (Wildman–Crippen MR) is 100 cm³/mol. The molecule has 0 aromatic heterocycles. The molecule has 0 aliphatic carbocycles. The molecule has 0 heterocycles. The molecule has 26 heavy (non-hydrogen) atoms. The first kappa shape index (κ1) is 19.6. The molecule has 2 rings (SSSR count). The Morgan fingerprint density at radius 1 is 1.00 bits per heavy atom. The van der Waals surface area contributed by atoms with Crippen molar-refractivity contribution in [1.82, 2.24) is 0 Å². The molecule has 8 heteroatoms. The van der Waals surface area contributed by atoms with Gasteiger partial charge >= 0.3 is 0 Å². The van der Waals surface area contributed by atoms with Gasteiger partial charge in [0.05, 0.1) is 18.9 Å². The third-order valence-corrected chi connectivity index (χ3v) is 4.67. The molecule has 0 atom stereocenters. The van der Waals surface area contributed by atoms with Crippen LogP contribution in [0.25, 0.3) is 0 Å². The van der Waals surface area contributed by atoms with Crippen molar-refractivity contribution in [1.29, 1.82) is 0 Å². The van der Waals surface area contributed by atoms with Crippen molar-refractivity contribution in [2.75, 3.05) is 23.3 Å². The average Bonchev–Trinajstić information content (AvgIpc) is 2.57. The van der Waals surface area contributed by atoms with E-state index in [1.54, 1.807) is 44.2 Å². The summed E-state index contributed by atoms with van der Waals surface area (Å²) >= 11 is 0. The minimum atomic E-state index is -3.92. The van der Waals surface area contributed by atoms with Crippen LogP contribution in [-0.2, 0) is 14.8 Å². The van der Waals surface area contributed by atoms with Crippen molar-refractivity contribution in [3.63, 3.8) is 0 Å². The number of sulfonamides is 1. The lowest BCUT2D eigenvalue weighted by Gasteiger charge is -2.17. The molecule has 0 aliphatic heterocycles. The van der Waals surface area contributed by atoms with Gasteiger partial charge in [-0.25, -0.2) is 8.42 Å². The van der Waals surface area contributed by atoms with Gasteiger partial charge in [-0.1, -0.05) is 18.2 Å². The van der Waals surface area contributed by atoms with Crippen LogP contribution in [0.15, 0.2) is 47.4 Å². The van der Waals surface area contributed by atoms with E-state index in [0.29, 0.717) is 18.0 Å². The number of anilines is 2. The number of carbonyl (C=O) groups excluding carboxylic acids is 1. The maximum absolute atomic E-state index is 12.9. The Morgan fingerprint density at radius 2 is 1.62 bits per heavy atom. The van der Waals surface area contributed by atoms with Crippen molar-refractivity contribution in [3.8, 4) is 11.5 Å². The van der Waals surface area contributed by atoms with E-state index in [-0.39, 0.29) is 28.9 Å². The van der Waals surface area contributed by atoms with Gasteiger partial charge in [-0.15, -0.1) is 0 Å². The van der Waals surface area contributed by atoms with Crippen LogP contribution in [0, 0.1) is 0 Å². The summed E-state index contributed by atoms with van der Waals surface area (Å²) in [6.07, 6.45) is 0. The van der Waals surface area contributed by atoms with E-state index in [1.165, 1.54) is 19.1 Å². The fourth-order valence-electron chi connectivity index (χ4n) is 2.30. The molecule has 0 aliphatic rings. The van der Waals surface area contributed by atoms with Crippen LogP contribution < -0.4 is 19.5 Å². The van der Waals surface area contributed by atoms with Crippen molar-refractivity contribution in [3.05, 3.63) is 42.5 Å². The quantitative estimate of drug-likeness (QED) is 0.735. The second kappa shape index (κ2) is 8.57. The minimum absolute atomic E-state index is 0.0687. The smallest absolute Gasteiger partial charge is 0.265 e. The van der Waals surface area contributed by atoms with Gasteiger partial charge in [0.25, 0.3) is 10.0 Å². The zero-order chi connectivity index (χ0) is 19.2. The monoisotopic (exact) mass is 378 g/mol. The van der Waals surface area contributed by atoms with E-state index >= 15 is 0 Å². The Bertz CT molecular complexity index is 867. The second-order valence-corrected chi connectivity index (χ2v) is 6.96. The Labute approximate surface area is 153 Å². The topological polar surface area (TPSA) is 93.7 Å². The third-order valence-electron chi connectivity index (χ3n) is 3.27. The third kappa shape index (κ3) is 4.89. The molecular weight excluding hydrogens is 356 g/mol. The van der Waals surface area contributed by atoms with Gasteiger partial charge in [0.15, 0.2) is 0 Å². The summed E-state index contributed by atoms with van der Waals surface area (Å²) in [4.78, 5) is 11.4. The molecule has 0 bridgehead atoms. The molecule has 0 saturated heterocycles. The Kier molecular flexibility index (Phi) is 6.46. The Hall–Kier alpha value is -2.74. The Morgan fingerprint density at radius 3 is 2.19 bits per heavy atom. The number of nitrogens with one attached hydrogen (secondary N) is 2. The molecule has 2 N–H and O–H groups in total. The number of rotatable bonds is 8. The number of amides is 1. The van der Waals surface area contributed by atoms with E-state index in [4.69, 9.17) is 9.47 Å². The molecular formula is C18H22N2O5S. The van der Waals surface area contributed by atoms with E-state index in [2.05, 4.69) is 10.0 Å². The lowest BCUT2D eigenvalue weighted by atomic mass is 10.2. The van der Waals surface area contributed by atoms with Crippen molar-refractivity contribution in [2.24, 2.45) is 0 Å². The maximum Gasteiger partial charge on any atom is 0.265 e. The zero-order valence-electron chi connectivity index (χ0n) is 14.9. The number of hydrogen-bond donors (Lipinski definition) is 2. The molecule has 2 aromatic rings. The average molecular weight is 378 g/mol. The van der Waals surface area contributed by atoms with Gasteiger partial charge in [0, 0.05) is 24.7 Å². The summed E-state index contributed by atoms with van der Waals surface area (Å²) in [5, 5.41) is 2.63. The molecule has 2 aromatic carbocycles. The molecule has 0 saturated carbocycles. The lowest BCUT2D eigenvalue weighted by molar-refractivity contribution is -0.114. The van der Waals surface area contributed by atoms with Gasteiger partial charge < -0.3 is 14.8 Å². The van der Waals surface area contributed by atoms with Crippen LogP contribution >= 0.6 is 0 Å².